The summed E-state index contributed by atoms with van der Waals surface area (Å²) in [6, 6.07) is 7.74. The Morgan fingerprint density at radius 3 is 2.55 bits per heavy atom. The van der Waals surface area contributed by atoms with Crippen LogP contribution in [0.3, 0.4) is 0 Å². The summed E-state index contributed by atoms with van der Waals surface area (Å²) in [4.78, 5) is 13.7. The summed E-state index contributed by atoms with van der Waals surface area (Å²) in [6.45, 7) is 3.45. The molecular weight excluding hydrogens is 317 g/mol. The molecule has 124 valence electrons. The van der Waals surface area contributed by atoms with Crippen LogP contribution in [0, 0.1) is 0 Å². The first-order valence-corrected chi connectivity index (χ1v) is 7.00. The number of nitrogens with zero attached hydrogens (tertiary/aromatic N) is 1. The summed E-state index contributed by atoms with van der Waals surface area (Å²) in [6.07, 6.45) is -4.95. The van der Waals surface area contributed by atoms with Gasteiger partial charge < -0.3 is 10.2 Å². The lowest BCUT2D eigenvalue weighted by Crippen LogP contribution is -2.51. The van der Waals surface area contributed by atoms with Crippen molar-refractivity contribution in [3.63, 3.8) is 0 Å². The number of nitrogens with one attached hydrogen (secondary N) is 1. The summed E-state index contributed by atoms with van der Waals surface area (Å²) >= 11 is 0. The molecule has 1 fully saturated rings. The van der Waals surface area contributed by atoms with Crippen molar-refractivity contribution >= 4 is 18.3 Å². The molecule has 7 heteroatoms. The Morgan fingerprint density at radius 2 is 2.00 bits per heavy atom. The third kappa shape index (κ3) is 4.88. The minimum absolute atomic E-state index is 0. The highest BCUT2D eigenvalue weighted by Crippen LogP contribution is 2.37. The minimum Gasteiger partial charge on any atom is -0.340 e. The van der Waals surface area contributed by atoms with Crippen molar-refractivity contribution in [1.29, 1.82) is 0 Å². The summed E-state index contributed by atoms with van der Waals surface area (Å²) < 4.78 is 39.7. The van der Waals surface area contributed by atoms with Crippen LogP contribution < -0.4 is 5.32 Å². The summed E-state index contributed by atoms with van der Waals surface area (Å²) in [5, 5.41) is 3.17. The maximum Gasteiger partial charge on any atom is 0.396 e. The Hall–Kier alpha value is -1.27. The summed E-state index contributed by atoms with van der Waals surface area (Å²) in [5.41, 5.74) is 0.140. The highest BCUT2D eigenvalue weighted by atomic mass is 35.5. The van der Waals surface area contributed by atoms with Gasteiger partial charge in [0.05, 0.1) is 5.92 Å². The first-order chi connectivity index (χ1) is 9.88. The van der Waals surface area contributed by atoms with Crippen molar-refractivity contribution in [1.82, 2.24) is 10.2 Å². The van der Waals surface area contributed by atoms with Crippen LogP contribution in [0.5, 0.6) is 0 Å². The largest absolute Gasteiger partial charge is 0.396 e. The molecule has 1 heterocycles. The molecule has 0 bridgehead atoms. The van der Waals surface area contributed by atoms with Gasteiger partial charge in [-0.15, -0.1) is 12.4 Å². The van der Waals surface area contributed by atoms with Crippen molar-refractivity contribution in [2.24, 2.45) is 0 Å². The van der Waals surface area contributed by atoms with E-state index in [0.717, 1.165) is 0 Å². The second-order valence-electron chi connectivity index (χ2n) is 5.40. The summed E-state index contributed by atoms with van der Waals surface area (Å²) in [5.74, 6) is -2.18. The van der Waals surface area contributed by atoms with Gasteiger partial charge in [0, 0.05) is 32.1 Å². The van der Waals surface area contributed by atoms with Crippen LogP contribution in [0.4, 0.5) is 13.2 Å². The molecule has 0 saturated carbocycles. The SMILES string of the molecule is CC1CN(C(=O)CC(c2ccccc2)C(F)(F)F)CCN1.Cl. The third-order valence-corrected chi connectivity index (χ3v) is 3.70. The number of rotatable bonds is 3. The third-order valence-electron chi connectivity index (χ3n) is 3.70. The second-order valence-corrected chi connectivity index (χ2v) is 5.40. The lowest BCUT2D eigenvalue weighted by Gasteiger charge is -2.33. The zero-order valence-corrected chi connectivity index (χ0v) is 13.1. The van der Waals surface area contributed by atoms with E-state index >= 15 is 0 Å². The predicted octanol–water partition coefficient (Wildman–Crippen LogP) is 2.96. The standard InChI is InChI=1S/C15H19F3N2O.ClH/c1-11-10-20(8-7-19-11)14(21)9-13(15(16,17)18)12-5-3-2-4-6-12;/h2-6,11,13,19H,7-10H2,1H3;1H. The maximum atomic E-state index is 13.2. The second kappa shape index (κ2) is 7.83. The van der Waals surface area contributed by atoms with E-state index in [9.17, 15) is 18.0 Å². The highest BCUT2D eigenvalue weighted by molar-refractivity contribution is 5.85. The molecule has 1 amide bonds. The molecule has 2 atom stereocenters. The molecule has 1 N–H and O–H groups in total. The number of piperazine rings is 1. The number of hydrogen-bond donors (Lipinski definition) is 1. The van der Waals surface area contributed by atoms with Crippen LogP contribution in [0.15, 0.2) is 30.3 Å². The van der Waals surface area contributed by atoms with Gasteiger partial charge in [-0.2, -0.15) is 13.2 Å². The number of carbonyl (C=O) groups excluding carboxylic acids is 1. The molecule has 0 aliphatic carbocycles. The molecule has 2 unspecified atom stereocenters. The molecule has 1 aliphatic heterocycles. The molecule has 0 radical (unpaired) electrons. The van der Waals surface area contributed by atoms with E-state index in [1.807, 2.05) is 6.92 Å². The van der Waals surface area contributed by atoms with E-state index < -0.39 is 24.4 Å². The van der Waals surface area contributed by atoms with Gasteiger partial charge >= 0.3 is 6.18 Å². The Labute approximate surface area is 134 Å². The lowest BCUT2D eigenvalue weighted by molar-refractivity contribution is -0.161. The number of alkyl halides is 3. The highest BCUT2D eigenvalue weighted by Gasteiger charge is 2.42. The van der Waals surface area contributed by atoms with Crippen LogP contribution in [-0.4, -0.2) is 42.7 Å². The number of hydrogen-bond acceptors (Lipinski definition) is 2. The first kappa shape index (κ1) is 18.8. The zero-order chi connectivity index (χ0) is 15.5. The monoisotopic (exact) mass is 336 g/mol. The van der Waals surface area contributed by atoms with Crippen molar-refractivity contribution < 1.29 is 18.0 Å². The number of halogens is 4. The smallest absolute Gasteiger partial charge is 0.340 e. The number of benzene rings is 1. The Bertz CT molecular complexity index is 481. The maximum absolute atomic E-state index is 13.2. The van der Waals surface area contributed by atoms with Crippen LogP contribution in [0.25, 0.3) is 0 Å². The quantitative estimate of drug-likeness (QED) is 0.920. The van der Waals surface area contributed by atoms with Crippen LogP contribution in [-0.2, 0) is 4.79 Å². The normalized spacial score (nSPS) is 20.2. The Balaban J connectivity index is 0.00000242. The Morgan fingerprint density at radius 1 is 1.36 bits per heavy atom. The topological polar surface area (TPSA) is 32.3 Å². The van der Waals surface area contributed by atoms with Crippen LogP contribution >= 0.6 is 12.4 Å². The molecular formula is C15H20ClF3N2O. The van der Waals surface area contributed by atoms with Crippen LogP contribution in [0.2, 0.25) is 0 Å². The molecule has 0 aromatic heterocycles. The molecule has 2 rings (SSSR count). The van der Waals surface area contributed by atoms with E-state index in [1.54, 1.807) is 18.2 Å². The molecule has 1 aromatic carbocycles. The molecule has 0 spiro atoms. The van der Waals surface area contributed by atoms with E-state index in [2.05, 4.69) is 5.32 Å². The van der Waals surface area contributed by atoms with Gasteiger partial charge in [0.2, 0.25) is 5.91 Å². The van der Waals surface area contributed by atoms with Gasteiger partial charge in [0.1, 0.15) is 0 Å². The van der Waals surface area contributed by atoms with Gasteiger partial charge in [0.25, 0.3) is 0 Å². The van der Waals surface area contributed by atoms with E-state index in [4.69, 9.17) is 0 Å². The fraction of sp³-hybridized carbons (Fsp3) is 0.533. The summed E-state index contributed by atoms with van der Waals surface area (Å²) in [7, 11) is 0. The number of carbonyl (C=O) groups is 1. The van der Waals surface area contributed by atoms with Gasteiger partial charge in [-0.25, -0.2) is 0 Å². The van der Waals surface area contributed by atoms with Gasteiger partial charge in [-0.05, 0) is 12.5 Å². The first-order valence-electron chi connectivity index (χ1n) is 7.00. The average Bonchev–Trinajstić information content (AvgIpc) is 2.44. The lowest BCUT2D eigenvalue weighted by atomic mass is 9.94. The molecule has 1 saturated heterocycles. The van der Waals surface area contributed by atoms with Crippen molar-refractivity contribution in [2.75, 3.05) is 19.6 Å². The molecule has 1 aromatic rings. The zero-order valence-electron chi connectivity index (χ0n) is 12.3. The van der Waals surface area contributed by atoms with Crippen molar-refractivity contribution in [2.45, 2.75) is 31.5 Å². The van der Waals surface area contributed by atoms with E-state index in [1.165, 1.54) is 17.0 Å². The van der Waals surface area contributed by atoms with Crippen LogP contribution in [0.1, 0.15) is 24.8 Å². The van der Waals surface area contributed by atoms with Gasteiger partial charge in [-0.3, -0.25) is 4.79 Å². The van der Waals surface area contributed by atoms with E-state index in [0.29, 0.717) is 19.6 Å². The number of amides is 1. The Kier molecular flexibility index (Phi) is 6.68. The molecule has 22 heavy (non-hydrogen) atoms. The molecule has 3 nitrogen and oxygen atoms in total. The van der Waals surface area contributed by atoms with E-state index in [-0.39, 0.29) is 24.0 Å². The molecule has 1 aliphatic rings. The average molecular weight is 337 g/mol. The van der Waals surface area contributed by atoms with Gasteiger partial charge in [-0.1, -0.05) is 30.3 Å². The van der Waals surface area contributed by atoms with Gasteiger partial charge in [0.15, 0.2) is 0 Å². The van der Waals surface area contributed by atoms with Crippen molar-refractivity contribution in [3.05, 3.63) is 35.9 Å². The van der Waals surface area contributed by atoms with Crippen molar-refractivity contribution in [3.8, 4) is 0 Å². The minimum atomic E-state index is -4.42. The fourth-order valence-corrected chi connectivity index (χ4v) is 2.57. The fourth-order valence-electron chi connectivity index (χ4n) is 2.57. The predicted molar refractivity (Wildman–Crippen MR) is 81.1 cm³/mol.